The Bertz CT molecular complexity index is 587. The summed E-state index contributed by atoms with van der Waals surface area (Å²) in [6.45, 7) is 1.16. The standard InChI is InChI=1S/C26H40N2O2/c29-25(17-15-21-7-3-1-4-8-21)27-19-23-11-13-24(14-12-23)20-28-26(30)18-16-22-9-5-2-6-10-22/h11-14,21-22H,1-10,15-20H2,(H,27,29)(H,28,30). The third-order valence-corrected chi connectivity index (χ3v) is 7.01. The van der Waals surface area contributed by atoms with E-state index in [-0.39, 0.29) is 11.8 Å². The van der Waals surface area contributed by atoms with Gasteiger partial charge in [-0.25, -0.2) is 0 Å². The number of nitrogens with one attached hydrogen (secondary N) is 2. The molecule has 0 unspecified atom stereocenters. The average Bonchev–Trinajstić information content (AvgIpc) is 2.80. The molecule has 0 aliphatic heterocycles. The van der Waals surface area contributed by atoms with Gasteiger partial charge in [0.1, 0.15) is 0 Å². The Labute approximate surface area is 182 Å². The molecule has 2 amide bonds. The molecular weight excluding hydrogens is 372 g/mol. The summed E-state index contributed by atoms with van der Waals surface area (Å²) in [7, 11) is 0. The van der Waals surface area contributed by atoms with Crippen molar-refractivity contribution in [1.82, 2.24) is 10.6 Å². The van der Waals surface area contributed by atoms with Gasteiger partial charge in [0.05, 0.1) is 0 Å². The van der Waals surface area contributed by atoms with Gasteiger partial charge in [-0.15, -0.1) is 0 Å². The van der Waals surface area contributed by atoms with Crippen LogP contribution in [0.1, 0.15) is 101 Å². The highest BCUT2D eigenvalue weighted by molar-refractivity contribution is 5.76. The monoisotopic (exact) mass is 412 g/mol. The lowest BCUT2D eigenvalue weighted by molar-refractivity contribution is -0.122. The first-order valence-corrected chi connectivity index (χ1v) is 12.3. The second-order valence-corrected chi connectivity index (χ2v) is 9.46. The minimum Gasteiger partial charge on any atom is -0.352 e. The molecule has 0 aromatic heterocycles. The maximum Gasteiger partial charge on any atom is 0.220 e. The number of hydrogen-bond acceptors (Lipinski definition) is 2. The van der Waals surface area contributed by atoms with Gasteiger partial charge in [0.2, 0.25) is 11.8 Å². The van der Waals surface area contributed by atoms with Gasteiger partial charge in [0.15, 0.2) is 0 Å². The summed E-state index contributed by atoms with van der Waals surface area (Å²) in [6.07, 6.45) is 16.6. The molecule has 2 aliphatic rings. The van der Waals surface area contributed by atoms with E-state index in [0.29, 0.717) is 25.9 Å². The summed E-state index contributed by atoms with van der Waals surface area (Å²) in [5.74, 6) is 1.83. The van der Waals surface area contributed by atoms with E-state index >= 15 is 0 Å². The number of carbonyl (C=O) groups excluding carboxylic acids is 2. The Morgan fingerprint density at radius 1 is 0.633 bits per heavy atom. The summed E-state index contributed by atoms with van der Waals surface area (Å²) in [6, 6.07) is 8.19. The first-order valence-electron chi connectivity index (χ1n) is 12.3. The fraction of sp³-hybridized carbons (Fsp3) is 0.692. The molecule has 0 bridgehead atoms. The average molecular weight is 413 g/mol. The first-order chi connectivity index (χ1) is 14.7. The minimum absolute atomic E-state index is 0.162. The lowest BCUT2D eigenvalue weighted by atomic mass is 9.86. The van der Waals surface area contributed by atoms with Crippen molar-refractivity contribution >= 4 is 11.8 Å². The molecule has 2 saturated carbocycles. The van der Waals surface area contributed by atoms with Crippen molar-refractivity contribution in [3.63, 3.8) is 0 Å². The van der Waals surface area contributed by atoms with Gasteiger partial charge < -0.3 is 10.6 Å². The molecule has 0 radical (unpaired) electrons. The van der Waals surface area contributed by atoms with Crippen LogP contribution in [0.15, 0.2) is 24.3 Å². The van der Waals surface area contributed by atoms with Crippen LogP contribution in [0.5, 0.6) is 0 Å². The van der Waals surface area contributed by atoms with Gasteiger partial charge in [-0.3, -0.25) is 9.59 Å². The fourth-order valence-corrected chi connectivity index (χ4v) is 4.98. The lowest BCUT2D eigenvalue weighted by Crippen LogP contribution is -2.24. The van der Waals surface area contributed by atoms with Gasteiger partial charge in [-0.05, 0) is 35.8 Å². The number of amides is 2. The second-order valence-electron chi connectivity index (χ2n) is 9.46. The zero-order valence-corrected chi connectivity index (χ0v) is 18.6. The van der Waals surface area contributed by atoms with E-state index in [4.69, 9.17) is 0 Å². The SMILES string of the molecule is O=C(CCC1CCCCC1)NCc1ccc(CNC(=O)CCC2CCCCC2)cc1. The molecule has 2 N–H and O–H groups in total. The van der Waals surface area contributed by atoms with E-state index in [2.05, 4.69) is 10.6 Å². The molecule has 3 rings (SSSR count). The quantitative estimate of drug-likeness (QED) is 0.522. The summed E-state index contributed by atoms with van der Waals surface area (Å²) >= 11 is 0. The number of benzene rings is 1. The minimum atomic E-state index is 0.162. The zero-order chi connectivity index (χ0) is 21.0. The maximum absolute atomic E-state index is 12.1. The summed E-state index contributed by atoms with van der Waals surface area (Å²) < 4.78 is 0. The summed E-state index contributed by atoms with van der Waals surface area (Å²) in [5.41, 5.74) is 2.21. The molecule has 4 heteroatoms. The van der Waals surface area contributed by atoms with Crippen molar-refractivity contribution in [2.24, 2.45) is 11.8 Å². The first kappa shape index (κ1) is 22.8. The van der Waals surface area contributed by atoms with E-state index < -0.39 is 0 Å². The Balaban J connectivity index is 1.28. The van der Waals surface area contributed by atoms with E-state index in [1.54, 1.807) is 0 Å². The molecule has 0 heterocycles. The summed E-state index contributed by atoms with van der Waals surface area (Å²) in [4.78, 5) is 24.2. The number of rotatable bonds is 10. The molecule has 1 aromatic carbocycles. The third kappa shape index (κ3) is 8.49. The molecule has 2 aliphatic carbocycles. The maximum atomic E-state index is 12.1. The molecule has 0 spiro atoms. The van der Waals surface area contributed by atoms with Gasteiger partial charge in [-0.2, -0.15) is 0 Å². The van der Waals surface area contributed by atoms with Crippen LogP contribution < -0.4 is 10.6 Å². The topological polar surface area (TPSA) is 58.2 Å². The Hall–Kier alpha value is -1.84. The second kappa shape index (κ2) is 12.8. The molecule has 0 atom stereocenters. The summed E-state index contributed by atoms with van der Waals surface area (Å²) in [5, 5.41) is 6.09. The smallest absolute Gasteiger partial charge is 0.220 e. The van der Waals surface area contributed by atoms with Crippen molar-refractivity contribution in [2.45, 2.75) is 103 Å². The highest BCUT2D eigenvalue weighted by Crippen LogP contribution is 2.28. The predicted molar refractivity (Wildman–Crippen MR) is 122 cm³/mol. The van der Waals surface area contributed by atoms with Crippen molar-refractivity contribution in [2.75, 3.05) is 0 Å². The van der Waals surface area contributed by atoms with E-state index in [9.17, 15) is 9.59 Å². The van der Waals surface area contributed by atoms with E-state index in [1.165, 1.54) is 64.2 Å². The Morgan fingerprint density at radius 3 is 1.37 bits per heavy atom. The van der Waals surface area contributed by atoms with Crippen molar-refractivity contribution in [3.8, 4) is 0 Å². The fourth-order valence-electron chi connectivity index (χ4n) is 4.98. The highest BCUT2D eigenvalue weighted by atomic mass is 16.2. The van der Waals surface area contributed by atoms with Crippen LogP contribution in [-0.4, -0.2) is 11.8 Å². The molecule has 30 heavy (non-hydrogen) atoms. The lowest BCUT2D eigenvalue weighted by Gasteiger charge is -2.21. The molecule has 166 valence electrons. The molecular formula is C26H40N2O2. The van der Waals surface area contributed by atoms with Crippen LogP contribution in [0, 0.1) is 11.8 Å². The molecule has 1 aromatic rings. The van der Waals surface area contributed by atoms with Crippen LogP contribution in [-0.2, 0) is 22.7 Å². The van der Waals surface area contributed by atoms with Crippen molar-refractivity contribution in [1.29, 1.82) is 0 Å². The van der Waals surface area contributed by atoms with Crippen LogP contribution in [0.25, 0.3) is 0 Å². The Morgan fingerprint density at radius 2 is 1.00 bits per heavy atom. The third-order valence-electron chi connectivity index (χ3n) is 7.01. The van der Waals surface area contributed by atoms with Crippen LogP contribution in [0.2, 0.25) is 0 Å². The van der Waals surface area contributed by atoms with Crippen LogP contribution in [0.3, 0.4) is 0 Å². The molecule has 4 nitrogen and oxygen atoms in total. The van der Waals surface area contributed by atoms with Crippen LogP contribution >= 0.6 is 0 Å². The van der Waals surface area contributed by atoms with E-state index in [1.807, 2.05) is 24.3 Å². The van der Waals surface area contributed by atoms with Gasteiger partial charge in [0, 0.05) is 25.9 Å². The van der Waals surface area contributed by atoms with Crippen molar-refractivity contribution < 1.29 is 9.59 Å². The molecule has 0 saturated heterocycles. The molecule has 2 fully saturated rings. The predicted octanol–water partition coefficient (Wildman–Crippen LogP) is 5.64. The number of carbonyl (C=O) groups is 2. The van der Waals surface area contributed by atoms with Crippen LogP contribution in [0.4, 0.5) is 0 Å². The van der Waals surface area contributed by atoms with E-state index in [0.717, 1.165) is 35.8 Å². The van der Waals surface area contributed by atoms with Gasteiger partial charge in [-0.1, -0.05) is 88.5 Å². The van der Waals surface area contributed by atoms with Crippen molar-refractivity contribution in [3.05, 3.63) is 35.4 Å². The Kier molecular flexibility index (Phi) is 9.72. The highest BCUT2D eigenvalue weighted by Gasteiger charge is 2.15. The van der Waals surface area contributed by atoms with Gasteiger partial charge in [0.25, 0.3) is 0 Å². The normalized spacial score (nSPS) is 18.1. The van der Waals surface area contributed by atoms with Gasteiger partial charge >= 0.3 is 0 Å². The number of hydrogen-bond donors (Lipinski definition) is 2. The zero-order valence-electron chi connectivity index (χ0n) is 18.6. The largest absolute Gasteiger partial charge is 0.352 e.